The molecule has 0 unspecified atom stereocenters. The lowest BCUT2D eigenvalue weighted by atomic mass is 10.1. The maximum absolute atomic E-state index is 12.3. The summed E-state index contributed by atoms with van der Waals surface area (Å²) < 4.78 is 12.0. The second kappa shape index (κ2) is 6.64. The zero-order valence-electron chi connectivity index (χ0n) is 14.8. The van der Waals surface area contributed by atoms with E-state index in [1.54, 1.807) is 12.3 Å². The molecule has 4 aromatic rings. The van der Waals surface area contributed by atoms with E-state index in [-0.39, 0.29) is 12.4 Å². The van der Waals surface area contributed by atoms with E-state index in [2.05, 4.69) is 15.1 Å². The smallest absolute Gasteiger partial charge is 0.378 e. The number of nitrogens with zero attached hydrogens (tertiary/aromatic N) is 4. The molecule has 0 saturated heterocycles. The Hall–Kier alpha value is -3.55. The number of ether oxygens (including phenoxy) is 1. The third-order valence-electron chi connectivity index (χ3n) is 4.27. The van der Waals surface area contributed by atoms with Gasteiger partial charge in [-0.2, -0.15) is 4.98 Å². The van der Waals surface area contributed by atoms with E-state index in [0.717, 1.165) is 23.1 Å². The second-order valence-electron chi connectivity index (χ2n) is 6.08. The van der Waals surface area contributed by atoms with Crippen molar-refractivity contribution in [3.8, 4) is 0 Å². The van der Waals surface area contributed by atoms with Crippen LogP contribution in [0.3, 0.4) is 0 Å². The fraction of sp³-hybridized carbons (Fsp3) is 0.211. The van der Waals surface area contributed by atoms with Crippen molar-refractivity contribution in [3.05, 3.63) is 69.6 Å². The summed E-state index contributed by atoms with van der Waals surface area (Å²) in [4.78, 5) is 32.3. The highest BCUT2D eigenvalue weighted by molar-refractivity contribution is 5.86. The summed E-state index contributed by atoms with van der Waals surface area (Å²) >= 11 is 0. The molecule has 0 radical (unpaired) electrons. The van der Waals surface area contributed by atoms with E-state index in [1.165, 1.54) is 10.6 Å². The quantitative estimate of drug-likeness (QED) is 0.405. The van der Waals surface area contributed by atoms with Crippen molar-refractivity contribution in [1.29, 1.82) is 0 Å². The summed E-state index contributed by atoms with van der Waals surface area (Å²) in [7, 11) is 0. The Bertz CT molecular complexity index is 1230. The maximum atomic E-state index is 12.3. The first-order chi connectivity index (χ1) is 13.0. The molecule has 8 nitrogen and oxygen atoms in total. The van der Waals surface area contributed by atoms with Gasteiger partial charge in [-0.05, 0) is 31.0 Å². The van der Waals surface area contributed by atoms with Crippen molar-refractivity contribution in [1.82, 2.24) is 19.6 Å². The van der Waals surface area contributed by atoms with Crippen molar-refractivity contribution in [2.24, 2.45) is 0 Å². The number of aryl methyl sites for hydroxylation is 2. The van der Waals surface area contributed by atoms with E-state index >= 15 is 0 Å². The topological polar surface area (TPSA) is 99.6 Å². The Kier molecular flexibility index (Phi) is 4.15. The van der Waals surface area contributed by atoms with Gasteiger partial charge < -0.3 is 9.15 Å². The summed E-state index contributed by atoms with van der Waals surface area (Å²) in [5.41, 5.74) is 2.39. The number of rotatable bonds is 4. The molecule has 136 valence electrons. The van der Waals surface area contributed by atoms with Crippen molar-refractivity contribution >= 4 is 22.7 Å². The summed E-state index contributed by atoms with van der Waals surface area (Å²) in [5, 5.41) is 4.84. The molecule has 0 amide bonds. The first-order valence-corrected chi connectivity index (χ1v) is 8.46. The van der Waals surface area contributed by atoms with E-state index in [9.17, 15) is 9.59 Å². The zero-order chi connectivity index (χ0) is 19.0. The molecule has 3 heterocycles. The Morgan fingerprint density at radius 2 is 2.11 bits per heavy atom. The van der Waals surface area contributed by atoms with Gasteiger partial charge in [-0.1, -0.05) is 19.1 Å². The molecule has 4 rings (SSSR count). The first-order valence-electron chi connectivity index (χ1n) is 8.46. The van der Waals surface area contributed by atoms with Crippen LogP contribution in [0.1, 0.15) is 34.4 Å². The van der Waals surface area contributed by atoms with Crippen LogP contribution >= 0.6 is 0 Å². The van der Waals surface area contributed by atoms with E-state index in [1.807, 2.05) is 32.0 Å². The predicted molar refractivity (Wildman–Crippen MR) is 96.5 cm³/mol. The lowest BCUT2D eigenvalue weighted by Crippen LogP contribution is -2.10. The molecule has 27 heavy (non-hydrogen) atoms. The molecule has 8 heteroatoms. The standard InChI is InChI=1S/C19H16N4O4/c1-3-12-4-5-14-13(9-16(24)27-15(14)8-12)10-26-18(25)17-21-19-20-7-6-11(2)23(19)22-17/h4-9H,3,10H2,1-2H3. The van der Waals surface area contributed by atoms with Crippen LogP contribution in [0.15, 0.2) is 45.7 Å². The van der Waals surface area contributed by atoms with Gasteiger partial charge in [0, 0.05) is 28.9 Å². The fourth-order valence-electron chi connectivity index (χ4n) is 2.81. The minimum absolute atomic E-state index is 0.0858. The summed E-state index contributed by atoms with van der Waals surface area (Å²) in [6.07, 6.45) is 2.42. The van der Waals surface area contributed by atoms with Crippen LogP contribution in [-0.2, 0) is 17.8 Å². The fourth-order valence-corrected chi connectivity index (χ4v) is 2.81. The minimum atomic E-state index is -0.688. The lowest BCUT2D eigenvalue weighted by Gasteiger charge is -2.07. The van der Waals surface area contributed by atoms with Gasteiger partial charge in [0.25, 0.3) is 11.6 Å². The van der Waals surface area contributed by atoms with Crippen LogP contribution in [0.25, 0.3) is 16.7 Å². The van der Waals surface area contributed by atoms with Gasteiger partial charge in [0.15, 0.2) is 0 Å². The molecule has 3 aromatic heterocycles. The van der Waals surface area contributed by atoms with Crippen molar-refractivity contribution in [3.63, 3.8) is 0 Å². The van der Waals surface area contributed by atoms with E-state index in [0.29, 0.717) is 16.9 Å². The van der Waals surface area contributed by atoms with E-state index in [4.69, 9.17) is 9.15 Å². The van der Waals surface area contributed by atoms with Gasteiger partial charge >= 0.3 is 11.6 Å². The number of benzene rings is 1. The molecule has 0 atom stereocenters. The SMILES string of the molecule is CCc1ccc2c(COC(=O)c3nc4nccc(C)n4n3)cc(=O)oc2c1. The van der Waals surface area contributed by atoms with Crippen LogP contribution in [0.2, 0.25) is 0 Å². The van der Waals surface area contributed by atoms with Crippen molar-refractivity contribution in [2.45, 2.75) is 26.9 Å². The zero-order valence-corrected chi connectivity index (χ0v) is 14.8. The second-order valence-corrected chi connectivity index (χ2v) is 6.08. The highest BCUT2D eigenvalue weighted by atomic mass is 16.5. The predicted octanol–water partition coefficient (Wildman–Crippen LogP) is 2.46. The summed E-state index contributed by atoms with van der Waals surface area (Å²) in [6.45, 7) is 3.76. The average molecular weight is 364 g/mol. The Labute approximate surface area is 153 Å². The number of hydrogen-bond donors (Lipinski definition) is 0. The molecular weight excluding hydrogens is 348 g/mol. The van der Waals surface area contributed by atoms with Gasteiger partial charge in [-0.3, -0.25) is 0 Å². The number of hydrogen-bond acceptors (Lipinski definition) is 7. The van der Waals surface area contributed by atoms with Gasteiger partial charge in [0.1, 0.15) is 12.2 Å². The molecule has 0 bridgehead atoms. The lowest BCUT2D eigenvalue weighted by molar-refractivity contribution is 0.0459. The van der Waals surface area contributed by atoms with Crippen LogP contribution in [-0.4, -0.2) is 25.6 Å². The van der Waals surface area contributed by atoms with Gasteiger partial charge in [0.05, 0.1) is 0 Å². The highest BCUT2D eigenvalue weighted by Gasteiger charge is 2.17. The maximum Gasteiger partial charge on any atom is 0.378 e. The Morgan fingerprint density at radius 1 is 1.26 bits per heavy atom. The molecule has 0 N–H and O–H groups in total. The minimum Gasteiger partial charge on any atom is -0.455 e. The summed E-state index contributed by atoms with van der Waals surface area (Å²) in [6, 6.07) is 8.71. The Morgan fingerprint density at radius 3 is 2.89 bits per heavy atom. The summed E-state index contributed by atoms with van der Waals surface area (Å²) in [5.74, 6) is -0.455. The Balaban J connectivity index is 1.61. The van der Waals surface area contributed by atoms with Crippen LogP contribution in [0.4, 0.5) is 0 Å². The number of aromatic nitrogens is 4. The molecule has 0 aliphatic rings. The van der Waals surface area contributed by atoms with Gasteiger partial charge in [-0.25, -0.2) is 19.1 Å². The molecule has 1 aromatic carbocycles. The normalized spacial score (nSPS) is 11.2. The molecule has 0 saturated carbocycles. The van der Waals surface area contributed by atoms with Crippen LogP contribution in [0, 0.1) is 6.92 Å². The van der Waals surface area contributed by atoms with E-state index < -0.39 is 11.6 Å². The largest absolute Gasteiger partial charge is 0.455 e. The number of esters is 1. The average Bonchev–Trinajstić information content (AvgIpc) is 3.11. The third kappa shape index (κ3) is 3.17. The monoisotopic (exact) mass is 364 g/mol. The number of fused-ring (bicyclic) bond motifs is 2. The van der Waals surface area contributed by atoms with Crippen LogP contribution < -0.4 is 5.63 Å². The highest BCUT2D eigenvalue weighted by Crippen LogP contribution is 2.20. The number of carbonyl (C=O) groups excluding carboxylic acids is 1. The molecule has 0 aliphatic heterocycles. The molecule has 0 fully saturated rings. The van der Waals surface area contributed by atoms with Gasteiger partial charge in [-0.15, -0.1) is 5.10 Å². The molecular formula is C19H16N4O4. The number of carbonyl (C=O) groups is 1. The van der Waals surface area contributed by atoms with Crippen LogP contribution in [0.5, 0.6) is 0 Å². The molecule has 0 spiro atoms. The third-order valence-corrected chi connectivity index (χ3v) is 4.27. The van der Waals surface area contributed by atoms with Crippen molar-refractivity contribution < 1.29 is 13.9 Å². The molecule has 0 aliphatic carbocycles. The van der Waals surface area contributed by atoms with Gasteiger partial charge in [0.2, 0.25) is 0 Å². The first kappa shape index (κ1) is 16.9. The van der Waals surface area contributed by atoms with Crippen molar-refractivity contribution in [2.75, 3.05) is 0 Å².